The molecule has 0 unspecified atom stereocenters. The van der Waals surface area contributed by atoms with Crippen LogP contribution in [0.5, 0.6) is 5.75 Å². The Morgan fingerprint density at radius 2 is 1.73 bits per heavy atom. The first-order valence-electron chi connectivity index (χ1n) is 23.5. The molecule has 0 saturated heterocycles. The number of fused-ring (bicyclic) bond motifs is 1. The van der Waals surface area contributed by atoms with Gasteiger partial charge < -0.3 is 23.5 Å². The van der Waals surface area contributed by atoms with Crippen molar-refractivity contribution in [1.82, 2.24) is 24.6 Å². The molecule has 5 aromatic rings. The molecule has 0 bridgehead atoms. The van der Waals surface area contributed by atoms with Crippen LogP contribution in [0.4, 0.5) is 21.2 Å². The third-order valence-corrected chi connectivity index (χ3v) is 21.1. The number of carbonyl (C=O) groups excluding carboxylic acids is 1. The van der Waals surface area contributed by atoms with Crippen LogP contribution in [0.25, 0.3) is 10.2 Å². The van der Waals surface area contributed by atoms with E-state index in [2.05, 4.69) is 87.1 Å². The van der Waals surface area contributed by atoms with E-state index in [1.807, 2.05) is 34.9 Å². The minimum Gasteiger partial charge on any atom is -0.491 e. The first-order chi connectivity index (χ1) is 32.9. The number of methoxy groups -OCH3 is 1. The number of carbonyl (C=O) groups is 1. The van der Waals surface area contributed by atoms with E-state index in [9.17, 15) is 13.2 Å². The molecule has 0 spiro atoms. The fraction of sp³-hybridized carbons (Fsp3) is 0.531. The second-order valence-corrected chi connectivity index (χ2v) is 34.0. The molecule has 1 N–H and O–H groups in total. The third-order valence-electron chi connectivity index (χ3n) is 11.8. The minimum absolute atomic E-state index is 0.0758. The summed E-state index contributed by atoms with van der Waals surface area (Å²) in [4.78, 5) is 28.3. The quantitative estimate of drug-likeness (QED) is 0.0193. The van der Waals surface area contributed by atoms with Gasteiger partial charge in [0.25, 0.3) is 10.1 Å². The molecular weight excluding hydrogens is 986 g/mol. The highest BCUT2D eigenvalue weighted by atomic mass is 32.2. The molecule has 5 rings (SSSR count). The van der Waals surface area contributed by atoms with Gasteiger partial charge >= 0.3 is 5.97 Å². The zero-order valence-corrected chi connectivity index (χ0v) is 47.0. The minimum atomic E-state index is -4.01. The Morgan fingerprint density at radius 3 is 2.41 bits per heavy atom. The highest BCUT2D eigenvalue weighted by Gasteiger charge is 2.37. The topological polar surface area (TPSA) is 171 Å². The van der Waals surface area contributed by atoms with Crippen molar-refractivity contribution < 1.29 is 40.8 Å². The van der Waals surface area contributed by atoms with Crippen LogP contribution in [0.3, 0.4) is 0 Å². The van der Waals surface area contributed by atoms with Crippen molar-refractivity contribution in [1.29, 1.82) is 0 Å². The molecule has 21 heteroatoms. The molecule has 0 atom stereocenters. The summed E-state index contributed by atoms with van der Waals surface area (Å²) in [5.74, 6) is 5.55. The zero-order chi connectivity index (χ0) is 51.3. The van der Waals surface area contributed by atoms with E-state index in [0.717, 1.165) is 39.5 Å². The van der Waals surface area contributed by atoms with Crippen molar-refractivity contribution >= 4 is 82.1 Å². The van der Waals surface area contributed by atoms with E-state index < -0.39 is 38.3 Å². The van der Waals surface area contributed by atoms with E-state index in [0.29, 0.717) is 79.6 Å². The maximum absolute atomic E-state index is 15.1. The van der Waals surface area contributed by atoms with E-state index in [1.54, 1.807) is 24.5 Å². The van der Waals surface area contributed by atoms with Crippen molar-refractivity contribution in [2.45, 2.75) is 110 Å². The molecule has 15 nitrogen and oxygen atoms in total. The van der Waals surface area contributed by atoms with Gasteiger partial charge in [0.05, 0.1) is 36.2 Å². The Labute approximate surface area is 423 Å². The number of nitrogens with zero attached hydrogens (tertiary/aromatic N) is 7. The Hall–Kier alpha value is -4.38. The first-order valence-corrected chi connectivity index (χ1v) is 33.4. The standard InChI is InChI=1S/C49H70FN7O8S3Si2/c1-36-33-43(53-54-45(36)52-48-57(35-63-30-32-69(7,8)9)39-20-12-13-21-41(39)66-48)56(27-14-15-29-65-70(10,11)49(2,3)4)47-51-44(46(58)62-6)42(67-47)22-17-28-64-40-24-23-37(34-38(40)50)19-16-25-55(5)26-18-31-68(59,60)61/h12-13,20-21,23-24,33-34H,14-15,17-18,22,25-32,35H2,1-11H3,(H,59,60,61)/b52-48-. The molecule has 0 saturated carbocycles. The summed E-state index contributed by atoms with van der Waals surface area (Å²) >= 11 is 2.94. The number of aryl methyl sites for hydroxylation is 2. The van der Waals surface area contributed by atoms with E-state index in [-0.39, 0.29) is 35.3 Å². The fourth-order valence-electron chi connectivity index (χ4n) is 6.65. The zero-order valence-electron chi connectivity index (χ0n) is 42.6. The Morgan fingerprint density at radius 1 is 0.971 bits per heavy atom. The number of para-hydroxylation sites is 1. The van der Waals surface area contributed by atoms with Gasteiger partial charge in [0, 0.05) is 38.3 Å². The Balaban J connectivity index is 1.34. The van der Waals surface area contributed by atoms with Crippen LogP contribution in [0.1, 0.15) is 72.9 Å². The van der Waals surface area contributed by atoms with Gasteiger partial charge in [-0.3, -0.25) is 14.0 Å². The van der Waals surface area contributed by atoms with Crippen LogP contribution < -0.4 is 14.4 Å². The first kappa shape index (κ1) is 56.5. The van der Waals surface area contributed by atoms with Gasteiger partial charge in [-0.25, -0.2) is 14.2 Å². The highest BCUT2D eigenvalue weighted by molar-refractivity contribution is 7.85. The van der Waals surface area contributed by atoms with Crippen LogP contribution in [-0.4, -0.2) is 119 Å². The highest BCUT2D eigenvalue weighted by Crippen LogP contribution is 2.37. The number of rotatable bonds is 25. The van der Waals surface area contributed by atoms with Gasteiger partial charge in [-0.2, -0.15) is 13.4 Å². The molecule has 3 aromatic heterocycles. The van der Waals surface area contributed by atoms with Crippen molar-refractivity contribution in [3.8, 4) is 17.6 Å². The molecule has 0 amide bonds. The predicted octanol–water partition coefficient (Wildman–Crippen LogP) is 10.2. The second-order valence-electron chi connectivity index (χ2n) is 20.0. The van der Waals surface area contributed by atoms with Crippen LogP contribution in [0, 0.1) is 24.6 Å². The van der Waals surface area contributed by atoms with Crippen LogP contribution in [0.15, 0.2) is 53.5 Å². The van der Waals surface area contributed by atoms with E-state index in [4.69, 9.17) is 38.3 Å². The maximum atomic E-state index is 15.1. The molecule has 0 fully saturated rings. The maximum Gasteiger partial charge on any atom is 0.357 e. The molecule has 70 heavy (non-hydrogen) atoms. The van der Waals surface area contributed by atoms with Gasteiger partial charge in [-0.1, -0.05) is 75.7 Å². The summed E-state index contributed by atoms with van der Waals surface area (Å²) in [6.45, 7) is 23.3. The van der Waals surface area contributed by atoms with Crippen molar-refractivity contribution in [2.24, 2.45) is 4.99 Å². The summed E-state index contributed by atoms with van der Waals surface area (Å²) in [6.07, 6.45) is 2.70. The number of hydrogen-bond donors (Lipinski definition) is 1. The molecule has 0 aliphatic heterocycles. The van der Waals surface area contributed by atoms with Gasteiger partial charge in [0.15, 0.2) is 47.1 Å². The van der Waals surface area contributed by atoms with Gasteiger partial charge in [-0.15, -0.1) is 21.5 Å². The monoisotopic (exact) mass is 1060 g/mol. The summed E-state index contributed by atoms with van der Waals surface area (Å²) in [7, 11) is -4.11. The lowest BCUT2D eigenvalue weighted by molar-refractivity contribution is 0.0593. The lowest BCUT2D eigenvalue weighted by atomic mass is 10.2. The molecule has 0 radical (unpaired) electrons. The predicted molar refractivity (Wildman–Crippen MR) is 284 cm³/mol. The van der Waals surface area contributed by atoms with Crippen LogP contribution >= 0.6 is 22.7 Å². The number of aromatic nitrogens is 4. The summed E-state index contributed by atoms with van der Waals surface area (Å²) in [5.41, 5.74) is 2.52. The van der Waals surface area contributed by atoms with E-state index >= 15 is 4.39 Å². The summed E-state index contributed by atoms with van der Waals surface area (Å²) in [6, 6.07) is 15.7. The molecule has 2 aromatic carbocycles. The number of esters is 1. The average Bonchev–Trinajstić information content (AvgIpc) is 3.86. The lowest BCUT2D eigenvalue weighted by Gasteiger charge is -2.36. The molecule has 0 aliphatic carbocycles. The number of hydrogen-bond acceptors (Lipinski definition) is 15. The number of ether oxygens (including phenoxy) is 3. The fourth-order valence-corrected chi connectivity index (χ4v) is 11.1. The number of thiazole rings is 2. The second kappa shape index (κ2) is 25.3. The third kappa shape index (κ3) is 17.1. The van der Waals surface area contributed by atoms with Gasteiger partial charge in [0.1, 0.15) is 6.73 Å². The normalized spacial score (nSPS) is 12.7. The smallest absolute Gasteiger partial charge is 0.357 e. The summed E-state index contributed by atoms with van der Waals surface area (Å²) < 4.78 is 72.9. The molecule has 0 aliphatic rings. The number of benzene rings is 2. The van der Waals surface area contributed by atoms with E-state index in [1.165, 1.54) is 30.6 Å². The van der Waals surface area contributed by atoms with Crippen molar-refractivity contribution in [2.75, 3.05) is 64.3 Å². The number of anilines is 2. The van der Waals surface area contributed by atoms with Gasteiger partial charge in [-0.05, 0) is 119 Å². The molecular formula is C49H70FN7O8S3Si2. The SMILES string of the molecule is COC(=O)c1nc(N(CCCCO[Si](C)(C)C(C)(C)C)c2cc(C)c(/N=c3\sc4ccccc4n3COCC[Si](C)(C)C)nn2)sc1CCCOc1ccc(C#CCN(C)CCCS(=O)(=O)O)cc1F. The average molecular weight is 1060 g/mol. The number of unbranched alkanes of at least 4 members (excludes halogenated alkanes) is 1. The lowest BCUT2D eigenvalue weighted by Crippen LogP contribution is -2.41. The summed E-state index contributed by atoms with van der Waals surface area (Å²) in [5, 5.41) is 10.0. The van der Waals surface area contributed by atoms with Crippen molar-refractivity contribution in [3.63, 3.8) is 0 Å². The molecule has 3 heterocycles. The molecule has 382 valence electrons. The number of halogens is 1. The Kier molecular flexibility index (Phi) is 20.5. The van der Waals surface area contributed by atoms with Crippen LogP contribution in [-0.2, 0) is 37.2 Å². The largest absolute Gasteiger partial charge is 0.491 e. The van der Waals surface area contributed by atoms with Crippen LogP contribution in [0.2, 0.25) is 43.8 Å². The van der Waals surface area contributed by atoms with Gasteiger partial charge in [0.2, 0.25) is 0 Å². The Bertz CT molecular complexity index is 2790. The van der Waals surface area contributed by atoms with Crippen molar-refractivity contribution in [3.05, 3.63) is 80.8 Å².